The summed E-state index contributed by atoms with van der Waals surface area (Å²) in [6.45, 7) is 4.30. The Bertz CT molecular complexity index is 1100. The van der Waals surface area contributed by atoms with Gasteiger partial charge in [-0.15, -0.1) is 0 Å². The van der Waals surface area contributed by atoms with Crippen LogP contribution in [0.25, 0.3) is 21.9 Å². The predicted octanol–water partition coefficient (Wildman–Crippen LogP) is 5.51. The zero-order chi connectivity index (χ0) is 18.8. The van der Waals surface area contributed by atoms with Crippen molar-refractivity contribution in [1.29, 1.82) is 0 Å². The Morgan fingerprint density at radius 1 is 0.852 bits per heavy atom. The Morgan fingerprint density at radius 2 is 1.67 bits per heavy atom. The van der Waals surface area contributed by atoms with Gasteiger partial charge >= 0.3 is 0 Å². The molecule has 0 spiro atoms. The van der Waals surface area contributed by atoms with Crippen LogP contribution in [0.1, 0.15) is 22.4 Å². The van der Waals surface area contributed by atoms with E-state index in [2.05, 4.69) is 49.2 Å². The van der Waals surface area contributed by atoms with Crippen LogP contribution in [0.3, 0.4) is 0 Å². The Labute approximate surface area is 159 Å². The normalized spacial score (nSPS) is 10.9. The largest absolute Gasteiger partial charge is 0.496 e. The number of fused-ring (bicyclic) bond motifs is 1. The molecule has 0 bridgehead atoms. The fourth-order valence-electron chi connectivity index (χ4n) is 3.43. The molecular formula is C24H22N2O. The second kappa shape index (κ2) is 7.20. The van der Waals surface area contributed by atoms with Gasteiger partial charge in [0.25, 0.3) is 0 Å². The molecule has 0 aliphatic carbocycles. The lowest BCUT2D eigenvalue weighted by Crippen LogP contribution is -1.97. The molecule has 2 aromatic carbocycles. The molecule has 3 heteroatoms. The van der Waals surface area contributed by atoms with Crippen molar-refractivity contribution in [2.75, 3.05) is 7.11 Å². The fraction of sp³-hybridized carbons (Fsp3) is 0.167. The molecule has 4 rings (SSSR count). The van der Waals surface area contributed by atoms with Gasteiger partial charge in [-0.05, 0) is 71.8 Å². The topological polar surface area (TPSA) is 35.0 Å². The van der Waals surface area contributed by atoms with Crippen molar-refractivity contribution in [3.63, 3.8) is 0 Å². The molecule has 134 valence electrons. The molecule has 4 aromatic rings. The van der Waals surface area contributed by atoms with Crippen LogP contribution >= 0.6 is 0 Å². The lowest BCUT2D eigenvalue weighted by atomic mass is 9.97. The van der Waals surface area contributed by atoms with E-state index in [4.69, 9.17) is 9.72 Å². The molecule has 0 fully saturated rings. The molecule has 0 aliphatic rings. The molecule has 0 aliphatic heterocycles. The van der Waals surface area contributed by atoms with Crippen molar-refractivity contribution >= 4 is 10.8 Å². The number of hydrogen-bond acceptors (Lipinski definition) is 3. The van der Waals surface area contributed by atoms with Gasteiger partial charge in [0.1, 0.15) is 5.75 Å². The highest BCUT2D eigenvalue weighted by Gasteiger charge is 2.12. The van der Waals surface area contributed by atoms with Crippen LogP contribution in [0.4, 0.5) is 0 Å². The first kappa shape index (κ1) is 17.2. The summed E-state index contributed by atoms with van der Waals surface area (Å²) in [6, 6.07) is 17.0. The first-order valence-electron chi connectivity index (χ1n) is 9.08. The quantitative estimate of drug-likeness (QED) is 0.484. The number of aryl methyl sites for hydroxylation is 2. The monoisotopic (exact) mass is 354 g/mol. The Hall–Kier alpha value is -3.20. The van der Waals surface area contributed by atoms with Gasteiger partial charge < -0.3 is 4.74 Å². The molecule has 0 amide bonds. The number of nitrogens with zero attached hydrogens (tertiary/aromatic N) is 2. The summed E-state index contributed by atoms with van der Waals surface area (Å²) in [5, 5.41) is 2.29. The molecule has 0 saturated heterocycles. The Balaban J connectivity index is 1.85. The van der Waals surface area contributed by atoms with Gasteiger partial charge in [0, 0.05) is 36.0 Å². The highest BCUT2D eigenvalue weighted by molar-refractivity contribution is 5.92. The Morgan fingerprint density at radius 3 is 2.41 bits per heavy atom. The molecular weight excluding hydrogens is 332 g/mol. The van der Waals surface area contributed by atoms with Gasteiger partial charge in [-0.3, -0.25) is 9.97 Å². The van der Waals surface area contributed by atoms with Crippen LogP contribution < -0.4 is 4.74 Å². The van der Waals surface area contributed by atoms with Crippen LogP contribution in [0.5, 0.6) is 5.75 Å². The number of pyridine rings is 2. The smallest absolute Gasteiger partial charge is 0.127 e. The summed E-state index contributed by atoms with van der Waals surface area (Å²) in [5.74, 6) is 0.858. The molecule has 0 radical (unpaired) electrons. The molecule has 2 heterocycles. The van der Waals surface area contributed by atoms with Crippen LogP contribution in [-0.4, -0.2) is 17.1 Å². The summed E-state index contributed by atoms with van der Waals surface area (Å²) in [7, 11) is 1.71. The third-order valence-electron chi connectivity index (χ3n) is 5.10. The van der Waals surface area contributed by atoms with E-state index in [0.29, 0.717) is 0 Å². The van der Waals surface area contributed by atoms with E-state index in [1.54, 1.807) is 19.5 Å². The van der Waals surface area contributed by atoms with Crippen LogP contribution in [0.15, 0.2) is 67.1 Å². The summed E-state index contributed by atoms with van der Waals surface area (Å²) in [4.78, 5) is 8.82. The third-order valence-corrected chi connectivity index (χ3v) is 5.10. The average molecular weight is 354 g/mol. The van der Waals surface area contributed by atoms with Crippen LogP contribution in [-0.2, 0) is 6.42 Å². The standard InChI is InChI=1S/C24H22N2O/c1-16-4-5-18(12-17(16)2)13-23-21-15-22(19-6-9-25-10-7-19)24(27-3)14-20(21)8-11-26-23/h4-12,14-15H,13H2,1-3H3. The maximum Gasteiger partial charge on any atom is 0.127 e. The van der Waals surface area contributed by atoms with Crippen molar-refractivity contribution in [3.05, 3.63) is 89.5 Å². The summed E-state index contributed by atoms with van der Waals surface area (Å²) < 4.78 is 5.65. The molecule has 3 nitrogen and oxygen atoms in total. The molecule has 0 N–H and O–H groups in total. The third kappa shape index (κ3) is 3.41. The van der Waals surface area contributed by atoms with Gasteiger partial charge in [-0.1, -0.05) is 18.2 Å². The van der Waals surface area contributed by atoms with E-state index in [1.807, 2.05) is 24.4 Å². The number of hydrogen-bond donors (Lipinski definition) is 0. The lowest BCUT2D eigenvalue weighted by molar-refractivity contribution is 0.417. The highest BCUT2D eigenvalue weighted by atomic mass is 16.5. The molecule has 0 saturated carbocycles. The summed E-state index contributed by atoms with van der Waals surface area (Å²) in [6.07, 6.45) is 6.29. The van der Waals surface area contributed by atoms with Crippen molar-refractivity contribution in [2.24, 2.45) is 0 Å². The first-order valence-corrected chi connectivity index (χ1v) is 9.08. The highest BCUT2D eigenvalue weighted by Crippen LogP contribution is 2.35. The SMILES string of the molecule is COc1cc2ccnc(Cc3ccc(C)c(C)c3)c2cc1-c1ccncc1. The number of methoxy groups -OCH3 is 1. The summed E-state index contributed by atoms with van der Waals surface area (Å²) in [5.41, 5.74) is 7.13. The van der Waals surface area contributed by atoms with Gasteiger partial charge in [0.2, 0.25) is 0 Å². The van der Waals surface area contributed by atoms with Crippen molar-refractivity contribution in [2.45, 2.75) is 20.3 Å². The minimum atomic E-state index is 0.806. The Kier molecular flexibility index (Phi) is 4.59. The van der Waals surface area contributed by atoms with E-state index in [0.717, 1.165) is 39.8 Å². The van der Waals surface area contributed by atoms with Crippen molar-refractivity contribution < 1.29 is 4.74 Å². The van der Waals surface area contributed by atoms with E-state index in [1.165, 1.54) is 16.7 Å². The van der Waals surface area contributed by atoms with E-state index < -0.39 is 0 Å². The maximum atomic E-state index is 5.65. The van der Waals surface area contributed by atoms with Crippen LogP contribution in [0.2, 0.25) is 0 Å². The lowest BCUT2D eigenvalue weighted by Gasteiger charge is -2.13. The number of rotatable bonds is 4. The van der Waals surface area contributed by atoms with Gasteiger partial charge in [-0.25, -0.2) is 0 Å². The molecule has 0 unspecified atom stereocenters. The van der Waals surface area contributed by atoms with Gasteiger partial charge in [0.15, 0.2) is 0 Å². The van der Waals surface area contributed by atoms with Gasteiger partial charge in [0.05, 0.1) is 12.8 Å². The van der Waals surface area contributed by atoms with E-state index >= 15 is 0 Å². The van der Waals surface area contributed by atoms with Crippen molar-refractivity contribution in [1.82, 2.24) is 9.97 Å². The number of aromatic nitrogens is 2. The second-order valence-corrected chi connectivity index (χ2v) is 6.86. The number of ether oxygens (including phenoxy) is 1. The molecule has 2 aromatic heterocycles. The fourth-order valence-corrected chi connectivity index (χ4v) is 3.43. The first-order chi connectivity index (χ1) is 13.2. The second-order valence-electron chi connectivity index (χ2n) is 6.86. The zero-order valence-electron chi connectivity index (χ0n) is 15.9. The predicted molar refractivity (Wildman–Crippen MR) is 110 cm³/mol. The van der Waals surface area contributed by atoms with E-state index in [-0.39, 0.29) is 0 Å². The maximum absolute atomic E-state index is 5.65. The van der Waals surface area contributed by atoms with Gasteiger partial charge in [-0.2, -0.15) is 0 Å². The molecule has 27 heavy (non-hydrogen) atoms. The summed E-state index contributed by atoms with van der Waals surface area (Å²) >= 11 is 0. The minimum Gasteiger partial charge on any atom is -0.496 e. The average Bonchev–Trinajstić information content (AvgIpc) is 2.70. The van der Waals surface area contributed by atoms with Crippen molar-refractivity contribution in [3.8, 4) is 16.9 Å². The zero-order valence-corrected chi connectivity index (χ0v) is 15.9. The molecule has 0 atom stereocenters. The van der Waals surface area contributed by atoms with Crippen LogP contribution in [0, 0.1) is 13.8 Å². The number of benzene rings is 2. The minimum absolute atomic E-state index is 0.806. The van der Waals surface area contributed by atoms with E-state index in [9.17, 15) is 0 Å².